The van der Waals surface area contributed by atoms with E-state index >= 15 is 0 Å². The van der Waals surface area contributed by atoms with Crippen molar-refractivity contribution >= 4 is 11.7 Å². The molecule has 6 heteroatoms. The fourth-order valence-corrected chi connectivity index (χ4v) is 1.88. The van der Waals surface area contributed by atoms with Gasteiger partial charge >= 0.3 is 0 Å². The fourth-order valence-electron chi connectivity index (χ4n) is 1.88. The van der Waals surface area contributed by atoms with Crippen LogP contribution in [-0.2, 0) is 0 Å². The monoisotopic (exact) mass is 221 g/mol. The number of nitrogen functional groups attached to an aromatic ring is 1. The number of nitrogens with one attached hydrogen (secondary N) is 1. The maximum Gasteiger partial charge on any atom is 0.158 e. The van der Waals surface area contributed by atoms with Crippen molar-refractivity contribution in [2.75, 3.05) is 18.0 Å². The van der Waals surface area contributed by atoms with Gasteiger partial charge in [0.25, 0.3) is 0 Å². The molecule has 0 saturated carbocycles. The summed E-state index contributed by atoms with van der Waals surface area (Å²) >= 11 is 0. The SMILES string of the molecule is CC1(O)CCN(c2nccnc2C(=N)N)C1. The highest BCUT2D eigenvalue weighted by Gasteiger charge is 2.33. The van der Waals surface area contributed by atoms with Crippen molar-refractivity contribution < 1.29 is 5.11 Å². The van der Waals surface area contributed by atoms with Crippen molar-refractivity contribution in [2.45, 2.75) is 18.9 Å². The minimum atomic E-state index is -0.703. The molecule has 2 heterocycles. The Hall–Kier alpha value is -1.69. The van der Waals surface area contributed by atoms with E-state index in [1.807, 2.05) is 4.90 Å². The Bertz CT molecular complexity index is 417. The standard InChI is InChI=1S/C10H15N5O/c1-10(16)2-5-15(6-10)9-7(8(11)12)13-3-4-14-9/h3-4,16H,2,5-6H2,1H3,(H3,11,12). The third-order valence-corrected chi connectivity index (χ3v) is 2.69. The van der Waals surface area contributed by atoms with Crippen LogP contribution >= 0.6 is 0 Å². The zero-order valence-corrected chi connectivity index (χ0v) is 9.14. The van der Waals surface area contributed by atoms with Crippen molar-refractivity contribution in [3.05, 3.63) is 18.1 Å². The van der Waals surface area contributed by atoms with Crippen molar-refractivity contribution in [1.29, 1.82) is 5.41 Å². The lowest BCUT2D eigenvalue weighted by molar-refractivity contribution is 0.0839. The van der Waals surface area contributed by atoms with E-state index in [2.05, 4.69) is 9.97 Å². The molecule has 1 aromatic rings. The van der Waals surface area contributed by atoms with Gasteiger partial charge in [-0.3, -0.25) is 5.41 Å². The molecule has 0 radical (unpaired) electrons. The van der Waals surface area contributed by atoms with Crippen LogP contribution in [0.1, 0.15) is 19.0 Å². The Balaban J connectivity index is 2.31. The van der Waals surface area contributed by atoms with Gasteiger partial charge in [-0.2, -0.15) is 0 Å². The van der Waals surface area contributed by atoms with Gasteiger partial charge < -0.3 is 15.7 Å². The highest BCUT2D eigenvalue weighted by molar-refractivity contribution is 5.97. The first kappa shape index (κ1) is 10.8. The number of aromatic nitrogens is 2. The van der Waals surface area contributed by atoms with Crippen LogP contribution in [0, 0.1) is 5.41 Å². The normalized spacial score (nSPS) is 24.8. The van der Waals surface area contributed by atoms with Gasteiger partial charge in [0.05, 0.1) is 5.60 Å². The Kier molecular flexibility index (Phi) is 2.51. The molecular weight excluding hydrogens is 206 g/mol. The second kappa shape index (κ2) is 3.71. The summed E-state index contributed by atoms with van der Waals surface area (Å²) in [4.78, 5) is 10.1. The van der Waals surface area contributed by atoms with Gasteiger partial charge in [-0.25, -0.2) is 9.97 Å². The smallest absolute Gasteiger partial charge is 0.158 e. The molecule has 0 bridgehead atoms. The van der Waals surface area contributed by atoms with Crippen LogP contribution in [-0.4, -0.2) is 39.6 Å². The Morgan fingerprint density at radius 3 is 2.81 bits per heavy atom. The van der Waals surface area contributed by atoms with E-state index in [9.17, 15) is 5.11 Å². The van der Waals surface area contributed by atoms with Crippen LogP contribution in [0.25, 0.3) is 0 Å². The van der Waals surface area contributed by atoms with E-state index in [4.69, 9.17) is 11.1 Å². The van der Waals surface area contributed by atoms with Crippen LogP contribution in [0.3, 0.4) is 0 Å². The largest absolute Gasteiger partial charge is 0.388 e. The number of anilines is 1. The second-order valence-electron chi connectivity index (χ2n) is 4.31. The molecule has 1 fully saturated rings. The quantitative estimate of drug-likeness (QED) is 0.471. The van der Waals surface area contributed by atoms with E-state index in [1.54, 1.807) is 13.1 Å². The van der Waals surface area contributed by atoms with E-state index < -0.39 is 5.60 Å². The molecule has 1 unspecified atom stereocenters. The summed E-state index contributed by atoms with van der Waals surface area (Å²) in [5.74, 6) is 0.474. The maximum absolute atomic E-state index is 9.88. The first-order chi connectivity index (χ1) is 7.49. The number of amidine groups is 1. The number of rotatable bonds is 2. The summed E-state index contributed by atoms with van der Waals surface area (Å²) < 4.78 is 0. The van der Waals surface area contributed by atoms with Gasteiger partial charge in [0.2, 0.25) is 0 Å². The summed E-state index contributed by atoms with van der Waals surface area (Å²) in [7, 11) is 0. The number of hydrogen-bond donors (Lipinski definition) is 3. The van der Waals surface area contributed by atoms with Crippen LogP contribution in [0.2, 0.25) is 0 Å². The predicted octanol–water partition coefficient (Wildman–Crippen LogP) is -0.278. The second-order valence-corrected chi connectivity index (χ2v) is 4.31. The molecule has 1 aliphatic rings. The molecule has 6 nitrogen and oxygen atoms in total. The first-order valence-corrected chi connectivity index (χ1v) is 5.12. The summed E-state index contributed by atoms with van der Waals surface area (Å²) in [5.41, 5.74) is 5.11. The fraction of sp³-hybridized carbons (Fsp3) is 0.500. The lowest BCUT2D eigenvalue weighted by Crippen LogP contribution is -2.31. The van der Waals surface area contributed by atoms with Gasteiger partial charge in [0, 0.05) is 25.5 Å². The summed E-state index contributed by atoms with van der Waals surface area (Å²) in [6.07, 6.45) is 3.75. The molecule has 0 spiro atoms. The van der Waals surface area contributed by atoms with Crippen LogP contribution < -0.4 is 10.6 Å². The average molecular weight is 221 g/mol. The van der Waals surface area contributed by atoms with Crippen molar-refractivity contribution in [3.63, 3.8) is 0 Å². The lowest BCUT2D eigenvalue weighted by atomic mass is 10.1. The number of aliphatic hydroxyl groups is 1. The molecule has 2 rings (SSSR count). The average Bonchev–Trinajstić information content (AvgIpc) is 2.59. The Morgan fingerprint density at radius 2 is 2.25 bits per heavy atom. The number of β-amino-alcohol motifs (C(OH)–C–C–N with tert-alkyl or cyclic N) is 1. The highest BCUT2D eigenvalue weighted by atomic mass is 16.3. The minimum absolute atomic E-state index is 0.102. The molecule has 1 aromatic heterocycles. The van der Waals surface area contributed by atoms with Gasteiger partial charge in [-0.1, -0.05) is 0 Å². The number of hydrogen-bond acceptors (Lipinski definition) is 5. The van der Waals surface area contributed by atoms with E-state index in [0.29, 0.717) is 31.0 Å². The van der Waals surface area contributed by atoms with Crippen molar-refractivity contribution in [3.8, 4) is 0 Å². The Labute approximate surface area is 93.6 Å². The van der Waals surface area contributed by atoms with E-state index in [0.717, 1.165) is 0 Å². The van der Waals surface area contributed by atoms with Gasteiger partial charge in [-0.15, -0.1) is 0 Å². The zero-order valence-electron chi connectivity index (χ0n) is 9.14. The molecule has 0 aromatic carbocycles. The lowest BCUT2D eigenvalue weighted by Gasteiger charge is -2.21. The molecular formula is C10H15N5O. The molecule has 1 atom stereocenters. The maximum atomic E-state index is 9.88. The molecule has 0 aliphatic carbocycles. The molecule has 1 saturated heterocycles. The zero-order chi connectivity index (χ0) is 11.8. The van der Waals surface area contributed by atoms with Gasteiger partial charge in [0.1, 0.15) is 11.5 Å². The summed E-state index contributed by atoms with van der Waals surface area (Å²) in [6, 6.07) is 0. The summed E-state index contributed by atoms with van der Waals surface area (Å²) in [5, 5.41) is 17.3. The van der Waals surface area contributed by atoms with Crippen molar-refractivity contribution in [2.24, 2.45) is 5.73 Å². The molecule has 1 aliphatic heterocycles. The van der Waals surface area contributed by atoms with Crippen LogP contribution in [0.4, 0.5) is 5.82 Å². The molecule has 86 valence electrons. The van der Waals surface area contributed by atoms with Crippen LogP contribution in [0.15, 0.2) is 12.4 Å². The Morgan fingerprint density at radius 1 is 1.56 bits per heavy atom. The predicted molar refractivity (Wildman–Crippen MR) is 60.5 cm³/mol. The summed E-state index contributed by atoms with van der Waals surface area (Å²) in [6.45, 7) is 2.98. The highest BCUT2D eigenvalue weighted by Crippen LogP contribution is 2.26. The van der Waals surface area contributed by atoms with Gasteiger partial charge in [-0.05, 0) is 13.3 Å². The number of nitrogens with zero attached hydrogens (tertiary/aromatic N) is 3. The molecule has 4 N–H and O–H groups in total. The third-order valence-electron chi connectivity index (χ3n) is 2.69. The van der Waals surface area contributed by atoms with Crippen LogP contribution in [0.5, 0.6) is 0 Å². The topological polar surface area (TPSA) is 99.1 Å². The minimum Gasteiger partial charge on any atom is -0.388 e. The number of nitrogens with two attached hydrogens (primary N) is 1. The third kappa shape index (κ3) is 1.96. The first-order valence-electron chi connectivity index (χ1n) is 5.12. The molecule has 16 heavy (non-hydrogen) atoms. The van der Waals surface area contributed by atoms with E-state index in [1.165, 1.54) is 6.20 Å². The molecule has 0 amide bonds. The van der Waals surface area contributed by atoms with Crippen molar-refractivity contribution in [1.82, 2.24) is 9.97 Å². The van der Waals surface area contributed by atoms with Gasteiger partial charge in [0.15, 0.2) is 5.82 Å². The van der Waals surface area contributed by atoms with E-state index in [-0.39, 0.29) is 5.84 Å².